The summed E-state index contributed by atoms with van der Waals surface area (Å²) in [5.74, 6) is 0. The number of benzene rings is 2. The Labute approximate surface area is 125 Å². The van der Waals surface area contributed by atoms with Crippen LogP contribution in [0, 0.1) is 13.8 Å². The van der Waals surface area contributed by atoms with Crippen LogP contribution in [0.2, 0.25) is 0 Å². The van der Waals surface area contributed by atoms with E-state index < -0.39 is 0 Å². The second kappa shape index (κ2) is 5.57. The highest BCUT2D eigenvalue weighted by Gasteiger charge is 2.09. The average Bonchev–Trinajstić information content (AvgIpc) is 2.49. The molecule has 0 atom stereocenters. The van der Waals surface area contributed by atoms with E-state index in [0.717, 1.165) is 29.0 Å². The summed E-state index contributed by atoms with van der Waals surface area (Å²) in [7, 11) is 0. The van der Waals surface area contributed by atoms with Crippen LogP contribution < -0.4 is 5.32 Å². The molecule has 0 aliphatic rings. The number of hydrogen-bond donors (Lipinski definition) is 1. The van der Waals surface area contributed by atoms with E-state index in [4.69, 9.17) is 4.98 Å². The molecular formula is C19H20N2. The number of nitrogens with one attached hydrogen (secondary N) is 1. The summed E-state index contributed by atoms with van der Waals surface area (Å²) >= 11 is 0. The Morgan fingerprint density at radius 1 is 1.00 bits per heavy atom. The summed E-state index contributed by atoms with van der Waals surface area (Å²) in [6.07, 6.45) is 0. The third kappa shape index (κ3) is 2.62. The second-order valence-electron chi connectivity index (χ2n) is 5.43. The molecular weight excluding hydrogens is 256 g/mol. The van der Waals surface area contributed by atoms with Crippen molar-refractivity contribution in [3.63, 3.8) is 0 Å². The number of aryl methyl sites for hydroxylation is 2. The van der Waals surface area contributed by atoms with Gasteiger partial charge in [-0.15, -0.1) is 0 Å². The number of anilines is 1. The number of nitrogens with zero attached hydrogens (tertiary/aromatic N) is 1. The van der Waals surface area contributed by atoms with E-state index in [2.05, 4.69) is 68.6 Å². The predicted octanol–water partition coefficient (Wildman–Crippen LogP) is 4.95. The lowest BCUT2D eigenvalue weighted by Gasteiger charge is -2.13. The average molecular weight is 276 g/mol. The molecule has 106 valence electrons. The minimum Gasteiger partial charge on any atom is -0.385 e. The largest absolute Gasteiger partial charge is 0.385 e. The van der Waals surface area contributed by atoms with Crippen LogP contribution in [0.15, 0.2) is 48.5 Å². The molecule has 2 aromatic carbocycles. The summed E-state index contributed by atoms with van der Waals surface area (Å²) in [5.41, 5.74) is 6.91. The Bertz CT molecular complexity index is 776. The van der Waals surface area contributed by atoms with Gasteiger partial charge < -0.3 is 5.32 Å². The standard InChI is InChI=1S/C19H20N2/c1-4-20-18-12-17(15-8-6-5-7-9-15)21-19-14(3)10-13(2)11-16(18)19/h5-12H,4H2,1-3H3,(H,20,21). The van der Waals surface area contributed by atoms with E-state index in [-0.39, 0.29) is 0 Å². The highest BCUT2D eigenvalue weighted by atomic mass is 14.9. The number of rotatable bonds is 3. The summed E-state index contributed by atoms with van der Waals surface area (Å²) in [5, 5.41) is 4.68. The lowest BCUT2D eigenvalue weighted by atomic mass is 10.0. The zero-order chi connectivity index (χ0) is 14.8. The fourth-order valence-corrected chi connectivity index (χ4v) is 2.77. The van der Waals surface area contributed by atoms with E-state index in [1.165, 1.54) is 16.5 Å². The lowest BCUT2D eigenvalue weighted by molar-refractivity contribution is 1.21. The van der Waals surface area contributed by atoms with Gasteiger partial charge >= 0.3 is 0 Å². The molecule has 0 aliphatic carbocycles. The van der Waals surface area contributed by atoms with Crippen LogP contribution in [0.5, 0.6) is 0 Å². The van der Waals surface area contributed by atoms with Crippen LogP contribution in [-0.4, -0.2) is 11.5 Å². The number of hydrogen-bond acceptors (Lipinski definition) is 2. The van der Waals surface area contributed by atoms with Gasteiger partial charge in [-0.2, -0.15) is 0 Å². The summed E-state index contributed by atoms with van der Waals surface area (Å²) in [4.78, 5) is 4.89. The monoisotopic (exact) mass is 276 g/mol. The van der Waals surface area contributed by atoms with Gasteiger partial charge in [-0.1, -0.05) is 42.0 Å². The molecule has 1 heterocycles. The molecule has 0 fully saturated rings. The Morgan fingerprint density at radius 2 is 1.76 bits per heavy atom. The highest BCUT2D eigenvalue weighted by Crippen LogP contribution is 2.30. The van der Waals surface area contributed by atoms with Crippen molar-refractivity contribution in [3.8, 4) is 11.3 Å². The van der Waals surface area contributed by atoms with Crippen molar-refractivity contribution in [2.45, 2.75) is 20.8 Å². The SMILES string of the molecule is CCNc1cc(-c2ccccc2)nc2c(C)cc(C)cc12. The molecule has 0 spiro atoms. The summed E-state index contributed by atoms with van der Waals surface area (Å²) < 4.78 is 0. The van der Waals surface area contributed by atoms with Gasteiger partial charge in [0.15, 0.2) is 0 Å². The molecule has 1 aromatic heterocycles. The molecule has 0 unspecified atom stereocenters. The van der Waals surface area contributed by atoms with Crippen LogP contribution in [0.25, 0.3) is 22.2 Å². The molecule has 0 amide bonds. The van der Waals surface area contributed by atoms with Gasteiger partial charge in [-0.25, -0.2) is 4.98 Å². The molecule has 0 saturated heterocycles. The molecule has 0 saturated carbocycles. The van der Waals surface area contributed by atoms with E-state index in [0.29, 0.717) is 0 Å². The Balaban J connectivity index is 2.29. The first-order chi connectivity index (χ1) is 10.2. The maximum absolute atomic E-state index is 4.89. The van der Waals surface area contributed by atoms with Gasteiger partial charge in [0, 0.05) is 23.2 Å². The van der Waals surface area contributed by atoms with Gasteiger partial charge in [0.1, 0.15) is 0 Å². The van der Waals surface area contributed by atoms with Crippen molar-refractivity contribution in [2.75, 3.05) is 11.9 Å². The first kappa shape index (κ1) is 13.6. The predicted molar refractivity (Wildman–Crippen MR) is 90.8 cm³/mol. The molecule has 21 heavy (non-hydrogen) atoms. The fourth-order valence-electron chi connectivity index (χ4n) is 2.77. The van der Waals surface area contributed by atoms with E-state index >= 15 is 0 Å². The molecule has 2 heteroatoms. The number of aromatic nitrogens is 1. The van der Waals surface area contributed by atoms with Gasteiger partial charge in [0.05, 0.1) is 11.2 Å². The molecule has 0 aliphatic heterocycles. The first-order valence-electron chi connectivity index (χ1n) is 7.40. The van der Waals surface area contributed by atoms with E-state index in [1.807, 2.05) is 6.07 Å². The van der Waals surface area contributed by atoms with Crippen molar-refractivity contribution < 1.29 is 0 Å². The number of pyridine rings is 1. The van der Waals surface area contributed by atoms with Crippen LogP contribution in [-0.2, 0) is 0 Å². The highest BCUT2D eigenvalue weighted by molar-refractivity contribution is 5.96. The minimum absolute atomic E-state index is 0.903. The van der Waals surface area contributed by atoms with Crippen molar-refractivity contribution in [2.24, 2.45) is 0 Å². The van der Waals surface area contributed by atoms with Gasteiger partial charge in [0.25, 0.3) is 0 Å². The first-order valence-corrected chi connectivity index (χ1v) is 7.40. The second-order valence-corrected chi connectivity index (χ2v) is 5.43. The molecule has 2 nitrogen and oxygen atoms in total. The number of fused-ring (bicyclic) bond motifs is 1. The van der Waals surface area contributed by atoms with Crippen LogP contribution >= 0.6 is 0 Å². The molecule has 0 radical (unpaired) electrons. The minimum atomic E-state index is 0.903. The molecule has 0 bridgehead atoms. The molecule has 3 rings (SSSR count). The Kier molecular flexibility index (Phi) is 3.61. The van der Waals surface area contributed by atoms with Gasteiger partial charge in [-0.05, 0) is 38.5 Å². The summed E-state index contributed by atoms with van der Waals surface area (Å²) in [6.45, 7) is 7.29. The van der Waals surface area contributed by atoms with Crippen molar-refractivity contribution in [1.29, 1.82) is 0 Å². The quantitative estimate of drug-likeness (QED) is 0.732. The maximum atomic E-state index is 4.89. The third-order valence-corrected chi connectivity index (χ3v) is 3.69. The Morgan fingerprint density at radius 3 is 2.48 bits per heavy atom. The molecule has 1 N–H and O–H groups in total. The Hall–Kier alpha value is -2.35. The van der Waals surface area contributed by atoms with Crippen LogP contribution in [0.4, 0.5) is 5.69 Å². The third-order valence-electron chi connectivity index (χ3n) is 3.69. The van der Waals surface area contributed by atoms with Crippen LogP contribution in [0.1, 0.15) is 18.1 Å². The molecule has 3 aromatic rings. The van der Waals surface area contributed by atoms with E-state index in [9.17, 15) is 0 Å². The van der Waals surface area contributed by atoms with Crippen molar-refractivity contribution >= 4 is 16.6 Å². The summed E-state index contributed by atoms with van der Waals surface area (Å²) in [6, 6.07) is 16.9. The van der Waals surface area contributed by atoms with Crippen molar-refractivity contribution in [1.82, 2.24) is 4.98 Å². The fraction of sp³-hybridized carbons (Fsp3) is 0.211. The van der Waals surface area contributed by atoms with E-state index in [1.54, 1.807) is 0 Å². The zero-order valence-electron chi connectivity index (χ0n) is 12.8. The maximum Gasteiger partial charge on any atom is 0.0759 e. The van der Waals surface area contributed by atoms with Crippen molar-refractivity contribution in [3.05, 3.63) is 59.7 Å². The van der Waals surface area contributed by atoms with Gasteiger partial charge in [-0.3, -0.25) is 0 Å². The smallest absolute Gasteiger partial charge is 0.0759 e. The lowest BCUT2D eigenvalue weighted by Crippen LogP contribution is -2.00. The van der Waals surface area contributed by atoms with Gasteiger partial charge in [0.2, 0.25) is 0 Å². The zero-order valence-corrected chi connectivity index (χ0v) is 12.8. The topological polar surface area (TPSA) is 24.9 Å². The normalized spacial score (nSPS) is 10.8. The van der Waals surface area contributed by atoms with Crippen LogP contribution in [0.3, 0.4) is 0 Å².